The number of benzene rings is 1. The zero-order valence-electron chi connectivity index (χ0n) is 18.5. The number of hydrogen-bond donors (Lipinski definition) is 1. The number of amides is 2. The second-order valence-corrected chi connectivity index (χ2v) is 8.16. The number of alkyl halides is 3. The van der Waals surface area contributed by atoms with Gasteiger partial charge in [-0.3, -0.25) is 19.5 Å². The number of nitrogens with zero attached hydrogens (tertiary/aromatic N) is 5. The van der Waals surface area contributed by atoms with E-state index in [1.54, 1.807) is 42.2 Å². The van der Waals surface area contributed by atoms with Crippen molar-refractivity contribution in [3.05, 3.63) is 71.9 Å². The van der Waals surface area contributed by atoms with Gasteiger partial charge in [0.25, 0.3) is 5.91 Å². The van der Waals surface area contributed by atoms with Gasteiger partial charge >= 0.3 is 6.18 Å². The van der Waals surface area contributed by atoms with Crippen LogP contribution in [-0.2, 0) is 11.0 Å². The van der Waals surface area contributed by atoms with Crippen LogP contribution in [0.2, 0.25) is 0 Å². The maximum atomic E-state index is 14.1. The molecule has 0 radical (unpaired) electrons. The molecule has 11 heteroatoms. The minimum atomic E-state index is -4.87. The Kier molecular flexibility index (Phi) is 5.46. The minimum absolute atomic E-state index is 0.0393. The summed E-state index contributed by atoms with van der Waals surface area (Å²) in [5, 5.41) is 7.51. The Morgan fingerprint density at radius 1 is 1.11 bits per heavy atom. The van der Waals surface area contributed by atoms with Crippen molar-refractivity contribution in [2.45, 2.75) is 25.9 Å². The molecule has 1 saturated heterocycles. The lowest BCUT2D eigenvalue weighted by molar-refractivity contribution is -0.143. The summed E-state index contributed by atoms with van der Waals surface area (Å²) in [6.45, 7) is 2.27. The first-order chi connectivity index (χ1) is 16.7. The van der Waals surface area contributed by atoms with Crippen molar-refractivity contribution >= 4 is 34.1 Å². The van der Waals surface area contributed by atoms with E-state index in [2.05, 4.69) is 20.4 Å². The molecule has 2 amide bonds. The summed E-state index contributed by atoms with van der Waals surface area (Å²) in [6, 6.07) is 8.41. The van der Waals surface area contributed by atoms with Crippen LogP contribution in [-0.4, -0.2) is 38.1 Å². The highest BCUT2D eigenvalue weighted by atomic mass is 19.4. The fraction of sp³-hybridized carbons (Fsp3) is 0.208. The van der Waals surface area contributed by atoms with E-state index in [9.17, 15) is 22.8 Å². The maximum Gasteiger partial charge on any atom is 0.434 e. The van der Waals surface area contributed by atoms with Gasteiger partial charge in [0.05, 0.1) is 35.5 Å². The van der Waals surface area contributed by atoms with E-state index in [-0.39, 0.29) is 17.3 Å². The molecule has 1 aliphatic heterocycles. The average Bonchev–Trinajstić information content (AvgIpc) is 3.45. The Bertz CT molecular complexity index is 1460. The maximum absolute atomic E-state index is 14.1. The standard InChI is InChI=1S/C24H19F3N6O2/c1-14-9-16(11-29-22(14)32-8-4-7-20(32)34)31-23(35)18-12-30-33(21(18)24(25,26)27)19-13-28-10-15-5-2-3-6-17(15)19/h2-3,5-6,9-13H,4,7-8H2,1H3,(H,31,35). The van der Waals surface area contributed by atoms with Crippen LogP contribution >= 0.6 is 0 Å². The molecule has 0 unspecified atom stereocenters. The van der Waals surface area contributed by atoms with Crippen molar-refractivity contribution in [3.8, 4) is 5.69 Å². The molecule has 0 saturated carbocycles. The topological polar surface area (TPSA) is 93.0 Å². The van der Waals surface area contributed by atoms with Gasteiger partial charge in [0, 0.05) is 29.9 Å². The number of nitrogens with one attached hydrogen (secondary N) is 1. The summed E-state index contributed by atoms with van der Waals surface area (Å²) in [5.41, 5.74) is -0.923. The first-order valence-corrected chi connectivity index (χ1v) is 10.8. The number of aryl methyl sites for hydroxylation is 1. The fourth-order valence-electron chi connectivity index (χ4n) is 4.23. The van der Waals surface area contributed by atoms with Gasteiger partial charge in [-0.1, -0.05) is 24.3 Å². The van der Waals surface area contributed by atoms with Gasteiger partial charge in [-0.2, -0.15) is 18.3 Å². The summed E-state index contributed by atoms with van der Waals surface area (Å²) in [4.78, 5) is 34.8. The van der Waals surface area contributed by atoms with Crippen molar-refractivity contribution in [1.82, 2.24) is 19.7 Å². The lowest BCUT2D eigenvalue weighted by Crippen LogP contribution is -2.26. The highest BCUT2D eigenvalue weighted by molar-refractivity contribution is 6.05. The van der Waals surface area contributed by atoms with Crippen LogP contribution in [0.4, 0.5) is 24.7 Å². The molecule has 1 aliphatic rings. The van der Waals surface area contributed by atoms with Gasteiger partial charge in [0.2, 0.25) is 5.91 Å². The molecular formula is C24H19F3N6O2. The average molecular weight is 480 g/mol. The summed E-state index contributed by atoms with van der Waals surface area (Å²) in [6.07, 6.45) is 1.32. The Morgan fingerprint density at radius 3 is 2.63 bits per heavy atom. The molecule has 8 nitrogen and oxygen atoms in total. The molecule has 1 aromatic carbocycles. The lowest BCUT2D eigenvalue weighted by atomic mass is 10.1. The SMILES string of the molecule is Cc1cc(NC(=O)c2cnn(-c3cncc4ccccc34)c2C(F)(F)F)cnc1N1CCCC1=O. The van der Waals surface area contributed by atoms with Crippen molar-refractivity contribution in [3.63, 3.8) is 0 Å². The number of hydrogen-bond acceptors (Lipinski definition) is 5. The number of rotatable bonds is 4. The van der Waals surface area contributed by atoms with Gasteiger partial charge in [-0.25, -0.2) is 9.67 Å². The summed E-state index contributed by atoms with van der Waals surface area (Å²) in [7, 11) is 0. The van der Waals surface area contributed by atoms with Gasteiger partial charge in [0.1, 0.15) is 5.82 Å². The normalized spacial score (nSPS) is 14.1. The van der Waals surface area contributed by atoms with E-state index in [4.69, 9.17) is 0 Å². The number of carbonyl (C=O) groups is 2. The van der Waals surface area contributed by atoms with E-state index in [0.717, 1.165) is 12.6 Å². The van der Waals surface area contributed by atoms with Crippen LogP contribution in [0.25, 0.3) is 16.5 Å². The van der Waals surface area contributed by atoms with Crippen LogP contribution in [0.3, 0.4) is 0 Å². The van der Waals surface area contributed by atoms with E-state index >= 15 is 0 Å². The summed E-state index contributed by atoms with van der Waals surface area (Å²) >= 11 is 0. The van der Waals surface area contributed by atoms with Gasteiger partial charge in [0.15, 0.2) is 5.69 Å². The van der Waals surface area contributed by atoms with Crippen LogP contribution in [0.5, 0.6) is 0 Å². The fourth-order valence-corrected chi connectivity index (χ4v) is 4.23. The second kappa shape index (κ2) is 8.49. The summed E-state index contributed by atoms with van der Waals surface area (Å²) < 4.78 is 43.1. The Labute approximate surface area is 197 Å². The first kappa shape index (κ1) is 22.5. The van der Waals surface area contributed by atoms with Gasteiger partial charge in [-0.05, 0) is 25.0 Å². The molecule has 3 aromatic heterocycles. The van der Waals surface area contributed by atoms with Crippen molar-refractivity contribution in [1.29, 1.82) is 0 Å². The number of aromatic nitrogens is 4. The Balaban J connectivity index is 1.50. The van der Waals surface area contributed by atoms with Crippen LogP contribution in [0.1, 0.15) is 34.5 Å². The third-order valence-corrected chi connectivity index (χ3v) is 5.80. The van der Waals surface area contributed by atoms with Crippen LogP contribution in [0, 0.1) is 6.92 Å². The molecule has 1 N–H and O–H groups in total. The molecule has 1 fully saturated rings. The first-order valence-electron chi connectivity index (χ1n) is 10.8. The zero-order valence-corrected chi connectivity index (χ0v) is 18.5. The number of anilines is 2. The molecule has 0 atom stereocenters. The van der Waals surface area contributed by atoms with Crippen molar-refractivity contribution in [2.24, 2.45) is 0 Å². The van der Waals surface area contributed by atoms with Gasteiger partial charge in [-0.15, -0.1) is 0 Å². The monoisotopic (exact) mass is 480 g/mol. The smallest absolute Gasteiger partial charge is 0.320 e. The van der Waals surface area contributed by atoms with Crippen molar-refractivity contribution < 1.29 is 22.8 Å². The second-order valence-electron chi connectivity index (χ2n) is 8.16. The molecule has 178 valence electrons. The Morgan fingerprint density at radius 2 is 1.91 bits per heavy atom. The van der Waals surface area contributed by atoms with E-state index in [0.29, 0.717) is 39.8 Å². The molecule has 5 rings (SSSR count). The van der Waals surface area contributed by atoms with Crippen LogP contribution in [0.15, 0.2) is 55.1 Å². The van der Waals surface area contributed by atoms with Crippen molar-refractivity contribution in [2.75, 3.05) is 16.8 Å². The quantitative estimate of drug-likeness (QED) is 0.464. The molecule has 4 aromatic rings. The van der Waals surface area contributed by atoms with Crippen LogP contribution < -0.4 is 10.2 Å². The van der Waals surface area contributed by atoms with Gasteiger partial charge < -0.3 is 5.32 Å². The molecular weight excluding hydrogens is 461 g/mol. The third-order valence-electron chi connectivity index (χ3n) is 5.80. The number of pyridine rings is 2. The number of carbonyl (C=O) groups excluding carboxylic acids is 2. The lowest BCUT2D eigenvalue weighted by Gasteiger charge is -2.18. The zero-order chi connectivity index (χ0) is 24.7. The number of halogens is 3. The predicted molar refractivity (Wildman–Crippen MR) is 122 cm³/mol. The highest BCUT2D eigenvalue weighted by Crippen LogP contribution is 2.35. The summed E-state index contributed by atoms with van der Waals surface area (Å²) in [5.74, 6) is -0.553. The molecule has 0 spiro atoms. The molecule has 4 heterocycles. The minimum Gasteiger partial charge on any atom is -0.320 e. The van der Waals surface area contributed by atoms with E-state index in [1.807, 2.05) is 0 Å². The Hall–Kier alpha value is -4.28. The third kappa shape index (κ3) is 4.09. The number of fused-ring (bicyclic) bond motifs is 1. The van der Waals surface area contributed by atoms with E-state index in [1.165, 1.54) is 18.6 Å². The predicted octanol–water partition coefficient (Wildman–Crippen LogP) is 4.52. The molecule has 0 aliphatic carbocycles. The largest absolute Gasteiger partial charge is 0.434 e. The van der Waals surface area contributed by atoms with E-state index < -0.39 is 23.3 Å². The molecule has 35 heavy (non-hydrogen) atoms. The molecule has 0 bridgehead atoms. The highest BCUT2D eigenvalue weighted by Gasteiger charge is 2.41.